The van der Waals surface area contributed by atoms with Crippen LogP contribution in [0.15, 0.2) is 0 Å². The van der Waals surface area contributed by atoms with Gasteiger partial charge in [0.1, 0.15) is 0 Å². The highest BCUT2D eigenvalue weighted by molar-refractivity contribution is 4.66. The van der Waals surface area contributed by atoms with Gasteiger partial charge in [-0.2, -0.15) is 0 Å². The lowest BCUT2D eigenvalue weighted by atomic mass is 10.4. The molecule has 5 nitrogen and oxygen atoms in total. The lowest BCUT2D eigenvalue weighted by Crippen LogP contribution is -2.44. The molecule has 0 aromatic carbocycles. The Kier molecular flexibility index (Phi) is 9.42. The zero-order valence-electron chi connectivity index (χ0n) is 11.9. The molecule has 1 fully saturated rings. The van der Waals surface area contributed by atoms with Crippen molar-refractivity contribution in [3.05, 3.63) is 0 Å². The molecule has 0 amide bonds. The van der Waals surface area contributed by atoms with E-state index in [4.69, 9.17) is 9.47 Å². The Hall–Kier alpha value is -0.200. The van der Waals surface area contributed by atoms with E-state index in [1.165, 1.54) is 0 Å². The van der Waals surface area contributed by atoms with Crippen molar-refractivity contribution < 1.29 is 9.47 Å². The summed E-state index contributed by atoms with van der Waals surface area (Å²) < 4.78 is 11.0. The van der Waals surface area contributed by atoms with Crippen molar-refractivity contribution in [3.63, 3.8) is 0 Å². The van der Waals surface area contributed by atoms with E-state index in [1.54, 1.807) is 0 Å². The molecule has 0 unspecified atom stereocenters. The molecule has 2 N–H and O–H groups in total. The maximum atomic E-state index is 5.56. The SMILES string of the molecule is CC(C)NCCOCCOCCN1CCNCC1. The van der Waals surface area contributed by atoms with E-state index < -0.39 is 0 Å². The Balaban J connectivity index is 1.75. The fourth-order valence-electron chi connectivity index (χ4n) is 1.87. The topological polar surface area (TPSA) is 45.8 Å². The standard InChI is InChI=1S/C13H29N3O2/c1-13(2)15-5-9-17-11-12-18-10-8-16-6-3-14-4-7-16/h13-15H,3-12H2,1-2H3. The summed E-state index contributed by atoms with van der Waals surface area (Å²) in [5.74, 6) is 0. The smallest absolute Gasteiger partial charge is 0.0701 e. The number of piperazine rings is 1. The van der Waals surface area contributed by atoms with Gasteiger partial charge in [-0.05, 0) is 0 Å². The third-order valence-electron chi connectivity index (χ3n) is 2.93. The van der Waals surface area contributed by atoms with Crippen molar-refractivity contribution in [3.8, 4) is 0 Å². The van der Waals surface area contributed by atoms with Crippen LogP contribution in [0.25, 0.3) is 0 Å². The normalized spacial score (nSPS) is 17.5. The van der Waals surface area contributed by atoms with Gasteiger partial charge in [0.2, 0.25) is 0 Å². The minimum Gasteiger partial charge on any atom is -0.378 e. The predicted molar refractivity (Wildman–Crippen MR) is 74.1 cm³/mol. The largest absolute Gasteiger partial charge is 0.378 e. The third kappa shape index (κ3) is 8.83. The minimum atomic E-state index is 0.531. The van der Waals surface area contributed by atoms with Crippen molar-refractivity contribution in [2.45, 2.75) is 19.9 Å². The van der Waals surface area contributed by atoms with Gasteiger partial charge in [-0.15, -0.1) is 0 Å². The Bertz CT molecular complexity index is 185. The lowest BCUT2D eigenvalue weighted by molar-refractivity contribution is 0.0380. The zero-order valence-corrected chi connectivity index (χ0v) is 11.9. The summed E-state index contributed by atoms with van der Waals surface area (Å²) in [4.78, 5) is 2.43. The van der Waals surface area contributed by atoms with Gasteiger partial charge in [-0.1, -0.05) is 13.8 Å². The van der Waals surface area contributed by atoms with Gasteiger partial charge in [0.05, 0.1) is 26.4 Å². The van der Waals surface area contributed by atoms with Gasteiger partial charge in [-0.25, -0.2) is 0 Å². The summed E-state index contributed by atoms with van der Waals surface area (Å²) in [5.41, 5.74) is 0. The minimum absolute atomic E-state index is 0.531. The molecular weight excluding hydrogens is 230 g/mol. The predicted octanol–water partition coefficient (Wildman–Crippen LogP) is -0.0772. The van der Waals surface area contributed by atoms with Crippen LogP contribution < -0.4 is 10.6 Å². The summed E-state index contributed by atoms with van der Waals surface area (Å²) in [7, 11) is 0. The molecule has 1 aliphatic rings. The molecule has 0 aromatic heterocycles. The Morgan fingerprint density at radius 1 is 1.06 bits per heavy atom. The molecule has 0 aliphatic carbocycles. The number of nitrogens with one attached hydrogen (secondary N) is 2. The third-order valence-corrected chi connectivity index (χ3v) is 2.93. The Morgan fingerprint density at radius 2 is 1.72 bits per heavy atom. The van der Waals surface area contributed by atoms with E-state index in [0.29, 0.717) is 19.3 Å². The number of ether oxygens (including phenoxy) is 2. The van der Waals surface area contributed by atoms with Crippen LogP contribution in [-0.4, -0.2) is 76.6 Å². The van der Waals surface area contributed by atoms with Gasteiger partial charge in [-0.3, -0.25) is 4.90 Å². The number of hydrogen-bond acceptors (Lipinski definition) is 5. The molecule has 0 atom stereocenters. The fraction of sp³-hybridized carbons (Fsp3) is 1.00. The molecule has 0 saturated carbocycles. The van der Waals surface area contributed by atoms with Crippen LogP contribution in [0.2, 0.25) is 0 Å². The first-order chi connectivity index (χ1) is 8.79. The molecule has 1 saturated heterocycles. The van der Waals surface area contributed by atoms with Crippen molar-refractivity contribution >= 4 is 0 Å². The molecule has 0 spiro atoms. The van der Waals surface area contributed by atoms with Crippen molar-refractivity contribution in [1.82, 2.24) is 15.5 Å². The van der Waals surface area contributed by atoms with E-state index >= 15 is 0 Å². The van der Waals surface area contributed by atoms with E-state index in [0.717, 1.165) is 52.5 Å². The maximum absolute atomic E-state index is 5.56. The Morgan fingerprint density at radius 3 is 2.39 bits per heavy atom. The molecule has 0 aromatic rings. The maximum Gasteiger partial charge on any atom is 0.0701 e. The van der Waals surface area contributed by atoms with Gasteiger partial charge in [0, 0.05) is 45.3 Å². The average molecular weight is 259 g/mol. The van der Waals surface area contributed by atoms with E-state index in [-0.39, 0.29) is 0 Å². The summed E-state index contributed by atoms with van der Waals surface area (Å²) in [6, 6.07) is 0.531. The molecule has 108 valence electrons. The monoisotopic (exact) mass is 259 g/mol. The van der Waals surface area contributed by atoms with E-state index in [2.05, 4.69) is 29.4 Å². The summed E-state index contributed by atoms with van der Waals surface area (Å²) in [5, 5.41) is 6.66. The van der Waals surface area contributed by atoms with Gasteiger partial charge in [0.15, 0.2) is 0 Å². The van der Waals surface area contributed by atoms with Crippen molar-refractivity contribution in [2.75, 3.05) is 65.7 Å². The number of nitrogens with zero attached hydrogens (tertiary/aromatic N) is 1. The molecule has 0 radical (unpaired) electrons. The summed E-state index contributed by atoms with van der Waals surface area (Å²) >= 11 is 0. The van der Waals surface area contributed by atoms with Crippen LogP contribution >= 0.6 is 0 Å². The molecule has 1 heterocycles. The molecule has 5 heteroatoms. The first-order valence-electron chi connectivity index (χ1n) is 7.11. The quantitative estimate of drug-likeness (QED) is 0.538. The number of hydrogen-bond donors (Lipinski definition) is 2. The second-order valence-electron chi connectivity index (χ2n) is 4.93. The lowest BCUT2D eigenvalue weighted by Gasteiger charge is -2.26. The van der Waals surface area contributed by atoms with Crippen molar-refractivity contribution in [1.29, 1.82) is 0 Å². The Labute approximate surface area is 111 Å². The molecule has 0 bridgehead atoms. The van der Waals surface area contributed by atoms with Gasteiger partial charge < -0.3 is 20.1 Å². The summed E-state index contributed by atoms with van der Waals surface area (Å²) in [6.07, 6.45) is 0. The van der Waals surface area contributed by atoms with Gasteiger partial charge in [0.25, 0.3) is 0 Å². The highest BCUT2D eigenvalue weighted by Crippen LogP contribution is 1.91. The highest BCUT2D eigenvalue weighted by atomic mass is 16.5. The highest BCUT2D eigenvalue weighted by Gasteiger charge is 2.08. The first kappa shape index (κ1) is 15.9. The van der Waals surface area contributed by atoms with Crippen LogP contribution in [0.5, 0.6) is 0 Å². The van der Waals surface area contributed by atoms with E-state index in [9.17, 15) is 0 Å². The van der Waals surface area contributed by atoms with Crippen LogP contribution in [0, 0.1) is 0 Å². The first-order valence-corrected chi connectivity index (χ1v) is 7.11. The van der Waals surface area contributed by atoms with Gasteiger partial charge >= 0.3 is 0 Å². The van der Waals surface area contributed by atoms with E-state index in [1.807, 2.05) is 0 Å². The molecule has 1 aliphatic heterocycles. The van der Waals surface area contributed by atoms with Crippen LogP contribution in [0.1, 0.15) is 13.8 Å². The second kappa shape index (κ2) is 10.7. The fourth-order valence-corrected chi connectivity index (χ4v) is 1.87. The molecule has 1 rings (SSSR count). The number of rotatable bonds is 10. The molecule has 18 heavy (non-hydrogen) atoms. The van der Waals surface area contributed by atoms with Crippen molar-refractivity contribution in [2.24, 2.45) is 0 Å². The average Bonchev–Trinajstić information content (AvgIpc) is 2.37. The zero-order chi connectivity index (χ0) is 13.1. The van der Waals surface area contributed by atoms with Crippen LogP contribution in [-0.2, 0) is 9.47 Å². The second-order valence-corrected chi connectivity index (χ2v) is 4.93. The summed E-state index contributed by atoms with van der Waals surface area (Å²) in [6.45, 7) is 13.7. The van der Waals surface area contributed by atoms with Crippen LogP contribution in [0.3, 0.4) is 0 Å². The molecular formula is C13H29N3O2. The van der Waals surface area contributed by atoms with Crippen LogP contribution in [0.4, 0.5) is 0 Å².